The number of carbonyl (C=O) groups excluding carboxylic acids is 1. The number of nitrogens with zero attached hydrogens (tertiary/aromatic N) is 2. The lowest BCUT2D eigenvalue weighted by molar-refractivity contribution is -0.116. The first-order valence-corrected chi connectivity index (χ1v) is 11.4. The van der Waals surface area contributed by atoms with Crippen molar-refractivity contribution in [1.82, 2.24) is 15.5 Å². The van der Waals surface area contributed by atoms with Gasteiger partial charge in [0.05, 0.1) is 19.8 Å². The molecule has 0 atom stereocenters. The van der Waals surface area contributed by atoms with Gasteiger partial charge in [-0.3, -0.25) is 9.69 Å². The van der Waals surface area contributed by atoms with Crippen LogP contribution in [-0.2, 0) is 16.1 Å². The number of nitrogens with one attached hydrogen (secondary N) is 3. The van der Waals surface area contributed by atoms with Gasteiger partial charge in [0, 0.05) is 44.8 Å². The summed E-state index contributed by atoms with van der Waals surface area (Å²) in [7, 11) is 0. The normalized spacial score (nSPS) is 14.8. The molecule has 0 unspecified atom stereocenters. The third-order valence-corrected chi connectivity index (χ3v) is 5.45. The van der Waals surface area contributed by atoms with Crippen LogP contribution >= 0.6 is 24.0 Å². The average Bonchev–Trinajstić information content (AvgIpc) is 2.77. The fourth-order valence-corrected chi connectivity index (χ4v) is 3.39. The van der Waals surface area contributed by atoms with Gasteiger partial charge in [-0.15, -0.1) is 24.0 Å². The number of hydrogen-bond acceptors (Lipinski definition) is 4. The highest BCUT2D eigenvalue weighted by Crippen LogP contribution is 2.12. The third kappa shape index (κ3) is 11.2. The number of halogens is 1. The van der Waals surface area contributed by atoms with E-state index >= 15 is 0 Å². The molecule has 3 N–H and O–H groups in total. The lowest BCUT2D eigenvalue weighted by Crippen LogP contribution is -2.39. The summed E-state index contributed by atoms with van der Waals surface area (Å²) in [6.45, 7) is 12.9. The van der Waals surface area contributed by atoms with Crippen LogP contribution in [-0.4, -0.2) is 62.7 Å². The molecule has 1 aliphatic rings. The van der Waals surface area contributed by atoms with Crippen molar-refractivity contribution in [3.8, 4) is 0 Å². The molecule has 8 heteroatoms. The fraction of sp³-hybridized carbons (Fsp3) is 0.652. The Hall–Kier alpha value is -1.39. The minimum atomic E-state index is 0. The van der Waals surface area contributed by atoms with E-state index in [4.69, 9.17) is 9.73 Å². The lowest BCUT2D eigenvalue weighted by atomic mass is 10.0. The van der Waals surface area contributed by atoms with Gasteiger partial charge in [0.2, 0.25) is 5.91 Å². The highest BCUT2D eigenvalue weighted by atomic mass is 127. The van der Waals surface area contributed by atoms with Gasteiger partial charge in [-0.1, -0.05) is 38.8 Å². The van der Waals surface area contributed by atoms with Gasteiger partial charge in [-0.2, -0.15) is 0 Å². The Bertz CT molecular complexity index is 661. The van der Waals surface area contributed by atoms with Crippen molar-refractivity contribution in [1.29, 1.82) is 0 Å². The minimum absolute atomic E-state index is 0. The second-order valence-corrected chi connectivity index (χ2v) is 7.71. The van der Waals surface area contributed by atoms with Gasteiger partial charge in [0.15, 0.2) is 5.96 Å². The van der Waals surface area contributed by atoms with Crippen molar-refractivity contribution >= 4 is 41.5 Å². The Morgan fingerprint density at radius 3 is 2.58 bits per heavy atom. The molecule has 2 rings (SSSR count). The predicted molar refractivity (Wildman–Crippen MR) is 139 cm³/mol. The number of anilines is 1. The van der Waals surface area contributed by atoms with Crippen LogP contribution in [0.4, 0.5) is 5.69 Å². The molecule has 0 aromatic heterocycles. The molecule has 1 aromatic carbocycles. The van der Waals surface area contributed by atoms with Crippen molar-refractivity contribution in [2.24, 2.45) is 10.9 Å². The van der Waals surface area contributed by atoms with Crippen LogP contribution in [0.25, 0.3) is 0 Å². The predicted octanol–water partition coefficient (Wildman–Crippen LogP) is 3.46. The molecule has 176 valence electrons. The molecule has 0 bridgehead atoms. The summed E-state index contributed by atoms with van der Waals surface area (Å²) in [5.74, 6) is 1.54. The maximum atomic E-state index is 12.3. The number of amides is 1. The number of guanidine groups is 1. The quantitative estimate of drug-likeness (QED) is 0.226. The molecule has 1 aromatic rings. The SMILES string of the molecule is CCNC(=NCc1cccc(NC(=O)CCN2CCOCC2)c1)NCC(CC)CC.I. The summed E-state index contributed by atoms with van der Waals surface area (Å²) in [4.78, 5) is 19.3. The van der Waals surface area contributed by atoms with Crippen LogP contribution in [0.15, 0.2) is 29.3 Å². The van der Waals surface area contributed by atoms with Crippen molar-refractivity contribution in [2.75, 3.05) is 51.3 Å². The first kappa shape index (κ1) is 27.6. The average molecular weight is 546 g/mol. The molecule has 1 fully saturated rings. The van der Waals surface area contributed by atoms with E-state index < -0.39 is 0 Å². The summed E-state index contributed by atoms with van der Waals surface area (Å²) in [6.07, 6.45) is 2.82. The summed E-state index contributed by atoms with van der Waals surface area (Å²) in [5, 5.41) is 9.76. The Kier molecular flexibility index (Phi) is 14.5. The van der Waals surface area contributed by atoms with E-state index in [-0.39, 0.29) is 29.9 Å². The van der Waals surface area contributed by atoms with Crippen LogP contribution in [0.3, 0.4) is 0 Å². The number of ether oxygens (including phenoxy) is 1. The topological polar surface area (TPSA) is 78.0 Å². The standard InChI is InChI=1S/C23H39N5O2.HI/c1-4-19(5-2)17-25-23(24-6-3)26-18-20-8-7-9-21(16-20)27-22(29)10-11-28-12-14-30-15-13-28;/h7-9,16,19H,4-6,10-15,17-18H2,1-3H3,(H,27,29)(H2,24,25,26);1H. The number of hydrogen-bond donors (Lipinski definition) is 3. The van der Waals surface area contributed by atoms with Gasteiger partial charge < -0.3 is 20.7 Å². The van der Waals surface area contributed by atoms with Crippen LogP contribution in [0, 0.1) is 5.92 Å². The number of aliphatic imine (C=N–C) groups is 1. The molecule has 0 radical (unpaired) electrons. The largest absolute Gasteiger partial charge is 0.379 e. The molecule has 0 spiro atoms. The summed E-state index contributed by atoms with van der Waals surface area (Å²) in [6, 6.07) is 7.93. The molecule has 0 aliphatic carbocycles. The first-order chi connectivity index (χ1) is 14.6. The maximum absolute atomic E-state index is 12.3. The van der Waals surface area contributed by atoms with Crippen LogP contribution in [0.2, 0.25) is 0 Å². The van der Waals surface area contributed by atoms with Gasteiger partial charge in [0.1, 0.15) is 0 Å². The third-order valence-electron chi connectivity index (χ3n) is 5.45. The minimum Gasteiger partial charge on any atom is -0.379 e. The molecule has 1 saturated heterocycles. The van der Waals surface area contributed by atoms with Crippen LogP contribution < -0.4 is 16.0 Å². The highest BCUT2D eigenvalue weighted by Gasteiger charge is 2.12. The van der Waals surface area contributed by atoms with E-state index in [1.165, 1.54) is 0 Å². The van der Waals surface area contributed by atoms with Gasteiger partial charge in [-0.05, 0) is 30.5 Å². The fourth-order valence-electron chi connectivity index (χ4n) is 3.39. The van der Waals surface area contributed by atoms with Crippen molar-refractivity contribution in [3.63, 3.8) is 0 Å². The van der Waals surface area contributed by atoms with Gasteiger partial charge in [0.25, 0.3) is 0 Å². The molecule has 1 amide bonds. The van der Waals surface area contributed by atoms with E-state index in [0.717, 1.165) is 76.0 Å². The number of morpholine rings is 1. The Labute approximate surface area is 204 Å². The van der Waals surface area contributed by atoms with E-state index in [9.17, 15) is 4.79 Å². The lowest BCUT2D eigenvalue weighted by Gasteiger charge is -2.26. The zero-order valence-electron chi connectivity index (χ0n) is 19.3. The van der Waals surface area contributed by atoms with E-state index in [0.29, 0.717) is 18.9 Å². The molecular formula is C23H40IN5O2. The maximum Gasteiger partial charge on any atom is 0.225 e. The molecule has 0 saturated carbocycles. The molecule has 7 nitrogen and oxygen atoms in total. The van der Waals surface area contributed by atoms with Gasteiger partial charge in [-0.25, -0.2) is 4.99 Å². The van der Waals surface area contributed by atoms with Gasteiger partial charge >= 0.3 is 0 Å². The summed E-state index contributed by atoms with van der Waals surface area (Å²) in [5.41, 5.74) is 1.89. The second kappa shape index (κ2) is 16.3. The Morgan fingerprint density at radius 2 is 1.90 bits per heavy atom. The Balaban J connectivity index is 0.00000480. The van der Waals surface area contributed by atoms with Crippen LogP contribution in [0.5, 0.6) is 0 Å². The second-order valence-electron chi connectivity index (χ2n) is 7.71. The molecular weight excluding hydrogens is 505 g/mol. The first-order valence-electron chi connectivity index (χ1n) is 11.4. The number of benzene rings is 1. The monoisotopic (exact) mass is 545 g/mol. The number of rotatable bonds is 11. The summed E-state index contributed by atoms with van der Waals surface area (Å²) < 4.78 is 5.35. The van der Waals surface area contributed by atoms with Crippen LogP contribution in [0.1, 0.15) is 45.6 Å². The van der Waals surface area contributed by atoms with Crippen molar-refractivity contribution in [3.05, 3.63) is 29.8 Å². The van der Waals surface area contributed by atoms with Crippen molar-refractivity contribution < 1.29 is 9.53 Å². The van der Waals surface area contributed by atoms with E-state index in [1.807, 2.05) is 24.3 Å². The zero-order valence-corrected chi connectivity index (χ0v) is 21.6. The smallest absolute Gasteiger partial charge is 0.225 e. The number of carbonyl (C=O) groups is 1. The van der Waals surface area contributed by atoms with E-state index in [2.05, 4.69) is 41.6 Å². The molecule has 31 heavy (non-hydrogen) atoms. The van der Waals surface area contributed by atoms with Crippen molar-refractivity contribution in [2.45, 2.75) is 46.6 Å². The summed E-state index contributed by atoms with van der Waals surface area (Å²) >= 11 is 0. The molecule has 1 aliphatic heterocycles. The highest BCUT2D eigenvalue weighted by molar-refractivity contribution is 14.0. The zero-order chi connectivity index (χ0) is 21.6. The Morgan fingerprint density at radius 1 is 1.16 bits per heavy atom. The molecule has 1 heterocycles. The van der Waals surface area contributed by atoms with E-state index in [1.54, 1.807) is 0 Å².